The molecule has 2 aromatic carbocycles. The molecule has 0 spiro atoms. The number of aromatic nitrogens is 1. The van der Waals surface area contributed by atoms with E-state index in [0.717, 1.165) is 17.6 Å². The third kappa shape index (κ3) is 3.94. The third-order valence-electron chi connectivity index (χ3n) is 3.95. The van der Waals surface area contributed by atoms with Crippen LogP contribution in [0.2, 0.25) is 0 Å². The summed E-state index contributed by atoms with van der Waals surface area (Å²) in [4.78, 5) is 27.4. The monoisotopic (exact) mass is 376 g/mol. The molecule has 0 aliphatic rings. The number of para-hydroxylation sites is 2. The Kier molecular flexibility index (Phi) is 4.89. The number of ether oxygens (including phenoxy) is 1. The van der Waals surface area contributed by atoms with Crippen LogP contribution in [0.4, 0.5) is 18.9 Å². The molecule has 0 fully saturated rings. The first-order chi connectivity index (χ1) is 12.8. The summed E-state index contributed by atoms with van der Waals surface area (Å²) >= 11 is 0. The zero-order valence-electron chi connectivity index (χ0n) is 14.1. The maximum atomic E-state index is 13.0. The van der Waals surface area contributed by atoms with Crippen molar-refractivity contribution in [3.05, 3.63) is 65.9 Å². The zero-order valence-corrected chi connectivity index (χ0v) is 14.1. The van der Waals surface area contributed by atoms with Crippen LogP contribution in [0.15, 0.2) is 54.7 Å². The molecule has 0 saturated carbocycles. The van der Waals surface area contributed by atoms with Crippen molar-refractivity contribution >= 4 is 28.5 Å². The topological polar surface area (TPSA) is 71.2 Å². The van der Waals surface area contributed by atoms with Gasteiger partial charge in [-0.15, -0.1) is 0 Å². The molecule has 0 aliphatic carbocycles. The Morgan fingerprint density at radius 1 is 1.07 bits per heavy atom. The molecule has 27 heavy (non-hydrogen) atoms. The van der Waals surface area contributed by atoms with Crippen LogP contribution in [0.3, 0.4) is 0 Å². The van der Waals surface area contributed by atoms with Gasteiger partial charge < -0.3 is 15.0 Å². The number of hydrogen-bond acceptors (Lipinski definition) is 3. The quantitative estimate of drug-likeness (QED) is 0.664. The van der Waals surface area contributed by atoms with Gasteiger partial charge in [-0.25, -0.2) is 4.79 Å². The third-order valence-corrected chi connectivity index (χ3v) is 3.95. The van der Waals surface area contributed by atoms with E-state index < -0.39 is 35.4 Å². The fourth-order valence-corrected chi connectivity index (χ4v) is 2.59. The van der Waals surface area contributed by atoms with Crippen LogP contribution in [0.25, 0.3) is 10.9 Å². The number of hydrogen-bond donors (Lipinski definition) is 2. The Morgan fingerprint density at radius 3 is 2.48 bits per heavy atom. The molecule has 1 unspecified atom stereocenters. The number of amides is 1. The minimum atomic E-state index is -4.62. The largest absolute Gasteiger partial charge is 0.449 e. The standard InChI is InChI=1S/C19H15F3N2O3/c1-11(17(25)24-16-9-5-3-7-14(16)19(20,21)22)27-18(26)13-10-23-15-8-4-2-6-12(13)15/h2-11,23H,1H3,(H,24,25). The molecule has 1 atom stereocenters. The van der Waals surface area contributed by atoms with Gasteiger partial charge >= 0.3 is 12.1 Å². The molecule has 2 N–H and O–H groups in total. The smallest absolute Gasteiger partial charge is 0.418 e. The molecule has 3 rings (SSSR count). The molecule has 8 heteroatoms. The normalized spacial score (nSPS) is 12.6. The Bertz CT molecular complexity index is 995. The second-order valence-electron chi connectivity index (χ2n) is 5.83. The SMILES string of the molecule is CC(OC(=O)c1c[nH]c2ccccc12)C(=O)Nc1ccccc1C(F)(F)F. The van der Waals surface area contributed by atoms with Crippen LogP contribution in [-0.4, -0.2) is 23.0 Å². The van der Waals surface area contributed by atoms with Crippen molar-refractivity contribution in [2.75, 3.05) is 5.32 Å². The van der Waals surface area contributed by atoms with Crippen LogP contribution in [0, 0.1) is 0 Å². The van der Waals surface area contributed by atoms with E-state index in [4.69, 9.17) is 4.74 Å². The molecule has 1 aromatic heterocycles. The van der Waals surface area contributed by atoms with Gasteiger partial charge in [0, 0.05) is 17.1 Å². The molecular weight excluding hydrogens is 361 g/mol. The number of fused-ring (bicyclic) bond motifs is 1. The molecule has 0 aliphatic heterocycles. The number of carbonyl (C=O) groups is 2. The molecule has 5 nitrogen and oxygen atoms in total. The number of alkyl halides is 3. The summed E-state index contributed by atoms with van der Waals surface area (Å²) in [7, 11) is 0. The van der Waals surface area contributed by atoms with E-state index >= 15 is 0 Å². The van der Waals surface area contributed by atoms with Crippen LogP contribution in [-0.2, 0) is 15.7 Å². The average molecular weight is 376 g/mol. The predicted octanol–water partition coefficient (Wildman–Crippen LogP) is 4.37. The lowest BCUT2D eigenvalue weighted by atomic mass is 10.1. The summed E-state index contributed by atoms with van der Waals surface area (Å²) in [5.41, 5.74) is -0.417. The first-order valence-electron chi connectivity index (χ1n) is 8.01. The van der Waals surface area contributed by atoms with E-state index in [2.05, 4.69) is 10.3 Å². The number of H-pyrrole nitrogens is 1. The van der Waals surface area contributed by atoms with Gasteiger partial charge in [-0.1, -0.05) is 30.3 Å². The number of anilines is 1. The zero-order chi connectivity index (χ0) is 19.6. The average Bonchev–Trinajstić information content (AvgIpc) is 3.05. The molecule has 0 saturated heterocycles. The Morgan fingerprint density at radius 2 is 1.74 bits per heavy atom. The van der Waals surface area contributed by atoms with Gasteiger partial charge in [-0.3, -0.25) is 4.79 Å². The van der Waals surface area contributed by atoms with E-state index in [1.807, 2.05) is 0 Å². The number of rotatable bonds is 4. The van der Waals surface area contributed by atoms with E-state index in [0.29, 0.717) is 5.39 Å². The van der Waals surface area contributed by atoms with Gasteiger partial charge in [0.2, 0.25) is 0 Å². The van der Waals surface area contributed by atoms with Crippen molar-refractivity contribution in [3.63, 3.8) is 0 Å². The minimum Gasteiger partial charge on any atom is -0.449 e. The van der Waals surface area contributed by atoms with Gasteiger partial charge in [0.15, 0.2) is 6.10 Å². The number of nitrogens with one attached hydrogen (secondary N) is 2. The lowest BCUT2D eigenvalue weighted by molar-refractivity contribution is -0.137. The maximum absolute atomic E-state index is 13.0. The van der Waals surface area contributed by atoms with Crippen molar-refractivity contribution in [2.24, 2.45) is 0 Å². The lowest BCUT2D eigenvalue weighted by Gasteiger charge is -2.16. The summed E-state index contributed by atoms with van der Waals surface area (Å²) in [5, 5.41) is 2.78. The Balaban J connectivity index is 1.72. The summed E-state index contributed by atoms with van der Waals surface area (Å²) in [6, 6.07) is 11.6. The second kappa shape index (κ2) is 7.14. The molecule has 0 bridgehead atoms. The predicted molar refractivity (Wildman–Crippen MR) is 93.2 cm³/mol. The summed E-state index contributed by atoms with van der Waals surface area (Å²) in [6.45, 7) is 1.29. The van der Waals surface area contributed by atoms with Crippen molar-refractivity contribution in [3.8, 4) is 0 Å². The maximum Gasteiger partial charge on any atom is 0.418 e. The minimum absolute atomic E-state index is 0.237. The van der Waals surface area contributed by atoms with Gasteiger partial charge in [0.1, 0.15) is 0 Å². The van der Waals surface area contributed by atoms with Gasteiger partial charge in [0.25, 0.3) is 5.91 Å². The lowest BCUT2D eigenvalue weighted by Crippen LogP contribution is -2.30. The number of benzene rings is 2. The van der Waals surface area contributed by atoms with Crippen molar-refractivity contribution in [1.82, 2.24) is 4.98 Å². The van der Waals surface area contributed by atoms with Crippen LogP contribution in [0.5, 0.6) is 0 Å². The summed E-state index contributed by atoms with van der Waals surface area (Å²) in [6.07, 6.45) is -4.45. The van der Waals surface area contributed by atoms with Crippen molar-refractivity contribution in [1.29, 1.82) is 0 Å². The van der Waals surface area contributed by atoms with Gasteiger partial charge in [-0.2, -0.15) is 13.2 Å². The summed E-state index contributed by atoms with van der Waals surface area (Å²) < 4.78 is 44.1. The summed E-state index contributed by atoms with van der Waals surface area (Å²) in [5.74, 6) is -1.61. The number of aromatic amines is 1. The molecule has 1 amide bonds. The van der Waals surface area contributed by atoms with Crippen LogP contribution < -0.4 is 5.32 Å². The number of halogens is 3. The molecular formula is C19H15F3N2O3. The highest BCUT2D eigenvalue weighted by molar-refractivity contribution is 6.05. The van der Waals surface area contributed by atoms with E-state index in [1.54, 1.807) is 24.3 Å². The van der Waals surface area contributed by atoms with Gasteiger partial charge in [0.05, 0.1) is 16.8 Å². The molecule has 0 radical (unpaired) electrons. The van der Waals surface area contributed by atoms with Crippen LogP contribution in [0.1, 0.15) is 22.8 Å². The van der Waals surface area contributed by atoms with E-state index in [9.17, 15) is 22.8 Å². The van der Waals surface area contributed by atoms with Crippen molar-refractivity contribution < 1.29 is 27.5 Å². The first-order valence-corrected chi connectivity index (χ1v) is 8.01. The number of carbonyl (C=O) groups excluding carboxylic acids is 2. The first kappa shape index (κ1) is 18.5. The van der Waals surface area contributed by atoms with E-state index in [1.165, 1.54) is 25.3 Å². The molecule has 140 valence electrons. The molecule has 3 aromatic rings. The Labute approximate surface area is 152 Å². The second-order valence-corrected chi connectivity index (χ2v) is 5.83. The van der Waals surface area contributed by atoms with Crippen LogP contribution >= 0.6 is 0 Å². The fourth-order valence-electron chi connectivity index (χ4n) is 2.59. The van der Waals surface area contributed by atoms with Gasteiger partial charge in [-0.05, 0) is 25.1 Å². The van der Waals surface area contributed by atoms with Crippen molar-refractivity contribution in [2.45, 2.75) is 19.2 Å². The number of esters is 1. The highest BCUT2D eigenvalue weighted by Gasteiger charge is 2.34. The Hall–Kier alpha value is -3.29. The molecule has 1 heterocycles. The van der Waals surface area contributed by atoms with E-state index in [-0.39, 0.29) is 5.56 Å². The highest BCUT2D eigenvalue weighted by atomic mass is 19.4. The highest BCUT2D eigenvalue weighted by Crippen LogP contribution is 2.34. The fraction of sp³-hybridized carbons (Fsp3) is 0.158.